The summed E-state index contributed by atoms with van der Waals surface area (Å²) in [6.45, 7) is 1.75. The molecule has 3 nitrogen and oxygen atoms in total. The molecule has 1 saturated heterocycles. The van der Waals surface area contributed by atoms with Gasteiger partial charge in [0.25, 0.3) is 0 Å². The summed E-state index contributed by atoms with van der Waals surface area (Å²) >= 11 is 0. The fourth-order valence-corrected chi connectivity index (χ4v) is 2.30. The summed E-state index contributed by atoms with van der Waals surface area (Å²) < 4.78 is 13.0. The smallest absolute Gasteiger partial charge is 0.115 e. The molecular formula is C13H19FN2O. The van der Waals surface area contributed by atoms with Crippen molar-refractivity contribution in [2.24, 2.45) is 11.1 Å². The SMILES string of the molecule is NCC1(CF)CCN(c2ccc(O)cc2)CC1. The summed E-state index contributed by atoms with van der Waals surface area (Å²) in [6.07, 6.45) is 1.59. The van der Waals surface area contributed by atoms with Crippen molar-refractivity contribution in [1.82, 2.24) is 0 Å². The van der Waals surface area contributed by atoms with Gasteiger partial charge in [-0.1, -0.05) is 0 Å². The maximum atomic E-state index is 13.0. The second kappa shape index (κ2) is 4.92. The lowest BCUT2D eigenvalue weighted by atomic mass is 9.79. The van der Waals surface area contributed by atoms with E-state index in [0.717, 1.165) is 31.6 Å². The Labute approximate surface area is 101 Å². The maximum Gasteiger partial charge on any atom is 0.115 e. The zero-order chi connectivity index (χ0) is 12.3. The van der Waals surface area contributed by atoms with Crippen molar-refractivity contribution in [2.75, 3.05) is 31.2 Å². The molecule has 0 radical (unpaired) electrons. The lowest BCUT2D eigenvalue weighted by molar-refractivity contribution is 0.168. The van der Waals surface area contributed by atoms with Crippen LogP contribution in [0.2, 0.25) is 0 Å². The largest absolute Gasteiger partial charge is 0.508 e. The molecule has 1 fully saturated rings. The lowest BCUT2D eigenvalue weighted by Gasteiger charge is -2.40. The first-order chi connectivity index (χ1) is 8.19. The Morgan fingerprint density at radius 2 is 1.82 bits per heavy atom. The Balaban J connectivity index is 2.01. The van der Waals surface area contributed by atoms with Crippen molar-refractivity contribution in [3.05, 3.63) is 24.3 Å². The molecule has 4 heteroatoms. The van der Waals surface area contributed by atoms with Crippen LogP contribution in [0.25, 0.3) is 0 Å². The highest BCUT2D eigenvalue weighted by Gasteiger charge is 2.33. The Morgan fingerprint density at radius 1 is 1.24 bits per heavy atom. The summed E-state index contributed by atoms with van der Waals surface area (Å²) in [5.41, 5.74) is 6.43. The van der Waals surface area contributed by atoms with Gasteiger partial charge in [0.2, 0.25) is 0 Å². The average Bonchev–Trinajstić information content (AvgIpc) is 2.40. The zero-order valence-corrected chi connectivity index (χ0v) is 9.90. The van der Waals surface area contributed by atoms with Gasteiger partial charge in [-0.05, 0) is 37.1 Å². The van der Waals surface area contributed by atoms with Crippen molar-refractivity contribution < 1.29 is 9.50 Å². The average molecular weight is 238 g/mol. The number of alkyl halides is 1. The summed E-state index contributed by atoms with van der Waals surface area (Å²) in [5.74, 6) is 0.269. The van der Waals surface area contributed by atoms with Crippen LogP contribution in [0, 0.1) is 5.41 Å². The normalized spacial score (nSPS) is 19.3. The highest BCUT2D eigenvalue weighted by Crippen LogP contribution is 2.33. The van der Waals surface area contributed by atoms with Gasteiger partial charge in [-0.3, -0.25) is 4.39 Å². The van der Waals surface area contributed by atoms with Crippen LogP contribution < -0.4 is 10.6 Å². The molecule has 0 unspecified atom stereocenters. The van der Waals surface area contributed by atoms with E-state index in [4.69, 9.17) is 5.73 Å². The van der Waals surface area contributed by atoms with Crippen LogP contribution in [0.4, 0.5) is 10.1 Å². The molecule has 1 aliphatic rings. The highest BCUT2D eigenvalue weighted by atomic mass is 19.1. The monoisotopic (exact) mass is 238 g/mol. The Bertz CT molecular complexity index is 352. The molecule has 1 aromatic carbocycles. The van der Waals surface area contributed by atoms with Gasteiger partial charge < -0.3 is 15.7 Å². The summed E-state index contributed by atoms with van der Waals surface area (Å²) in [4.78, 5) is 2.21. The Kier molecular flexibility index (Phi) is 3.52. The van der Waals surface area contributed by atoms with Crippen molar-refractivity contribution >= 4 is 5.69 Å². The molecule has 3 N–H and O–H groups in total. The van der Waals surface area contributed by atoms with Crippen LogP contribution in [-0.2, 0) is 0 Å². The Hall–Kier alpha value is -1.29. The van der Waals surface area contributed by atoms with Gasteiger partial charge in [0.05, 0.1) is 6.67 Å². The number of nitrogens with zero attached hydrogens (tertiary/aromatic N) is 1. The third-order valence-electron chi connectivity index (χ3n) is 3.76. The lowest BCUT2D eigenvalue weighted by Crippen LogP contribution is -2.45. The number of anilines is 1. The standard InChI is InChI=1S/C13H19FN2O/c14-9-13(10-15)5-7-16(8-6-13)11-1-3-12(17)4-2-11/h1-4,17H,5-10,15H2. The molecule has 0 atom stereocenters. The number of phenolic OH excluding ortho intramolecular Hbond substituents is 1. The summed E-state index contributed by atoms with van der Waals surface area (Å²) in [6, 6.07) is 7.13. The predicted octanol–water partition coefficient (Wildman–Crippen LogP) is 1.91. The van der Waals surface area contributed by atoms with Gasteiger partial charge in [0.1, 0.15) is 5.75 Å². The van der Waals surface area contributed by atoms with Gasteiger partial charge >= 0.3 is 0 Å². The summed E-state index contributed by atoms with van der Waals surface area (Å²) in [5, 5.41) is 9.23. The van der Waals surface area contributed by atoms with E-state index in [0.29, 0.717) is 6.54 Å². The van der Waals surface area contributed by atoms with Crippen LogP contribution in [-0.4, -0.2) is 31.4 Å². The van der Waals surface area contributed by atoms with E-state index in [2.05, 4.69) is 4.90 Å². The number of nitrogens with two attached hydrogens (primary N) is 1. The van der Waals surface area contributed by atoms with E-state index in [1.807, 2.05) is 12.1 Å². The molecule has 0 aromatic heterocycles. The molecule has 94 valence electrons. The van der Waals surface area contributed by atoms with Gasteiger partial charge in [0, 0.05) is 30.7 Å². The predicted molar refractivity (Wildman–Crippen MR) is 67.0 cm³/mol. The minimum Gasteiger partial charge on any atom is -0.508 e. The number of benzene rings is 1. The van der Waals surface area contributed by atoms with Crippen LogP contribution in [0.1, 0.15) is 12.8 Å². The minimum atomic E-state index is -0.326. The molecule has 2 rings (SSSR count). The molecule has 0 aliphatic carbocycles. The van der Waals surface area contributed by atoms with Crippen LogP contribution in [0.15, 0.2) is 24.3 Å². The second-order valence-electron chi connectivity index (χ2n) is 4.84. The van der Waals surface area contributed by atoms with E-state index >= 15 is 0 Å². The third kappa shape index (κ3) is 2.52. The van der Waals surface area contributed by atoms with Crippen molar-refractivity contribution in [2.45, 2.75) is 12.8 Å². The van der Waals surface area contributed by atoms with Crippen LogP contribution in [0.5, 0.6) is 5.75 Å². The van der Waals surface area contributed by atoms with Crippen LogP contribution >= 0.6 is 0 Å². The van der Waals surface area contributed by atoms with E-state index in [1.54, 1.807) is 12.1 Å². The van der Waals surface area contributed by atoms with Gasteiger partial charge in [-0.2, -0.15) is 0 Å². The second-order valence-corrected chi connectivity index (χ2v) is 4.84. The molecule has 1 aliphatic heterocycles. The van der Waals surface area contributed by atoms with E-state index in [-0.39, 0.29) is 17.8 Å². The number of rotatable bonds is 3. The molecule has 0 spiro atoms. The van der Waals surface area contributed by atoms with Crippen LogP contribution in [0.3, 0.4) is 0 Å². The molecule has 1 aromatic rings. The van der Waals surface area contributed by atoms with Gasteiger partial charge in [-0.15, -0.1) is 0 Å². The first-order valence-corrected chi connectivity index (χ1v) is 5.99. The number of hydrogen-bond donors (Lipinski definition) is 2. The van der Waals surface area contributed by atoms with Crippen molar-refractivity contribution in [1.29, 1.82) is 0 Å². The minimum absolute atomic E-state index is 0.269. The quantitative estimate of drug-likeness (QED) is 0.845. The third-order valence-corrected chi connectivity index (χ3v) is 3.76. The van der Waals surface area contributed by atoms with E-state index in [1.165, 1.54) is 0 Å². The van der Waals surface area contributed by atoms with Crippen molar-refractivity contribution in [3.8, 4) is 5.75 Å². The molecular weight excluding hydrogens is 219 g/mol. The molecule has 0 bridgehead atoms. The highest BCUT2D eigenvalue weighted by molar-refractivity contribution is 5.49. The molecule has 17 heavy (non-hydrogen) atoms. The van der Waals surface area contributed by atoms with E-state index in [9.17, 15) is 9.50 Å². The molecule has 0 saturated carbocycles. The summed E-state index contributed by atoms with van der Waals surface area (Å²) in [7, 11) is 0. The first-order valence-electron chi connectivity index (χ1n) is 5.99. The zero-order valence-electron chi connectivity index (χ0n) is 9.90. The van der Waals surface area contributed by atoms with Gasteiger partial charge in [-0.25, -0.2) is 0 Å². The number of piperidine rings is 1. The number of hydrogen-bond acceptors (Lipinski definition) is 3. The van der Waals surface area contributed by atoms with Gasteiger partial charge in [0.15, 0.2) is 0 Å². The number of phenols is 1. The number of halogens is 1. The van der Waals surface area contributed by atoms with E-state index < -0.39 is 0 Å². The maximum absolute atomic E-state index is 13.0. The fraction of sp³-hybridized carbons (Fsp3) is 0.538. The Morgan fingerprint density at radius 3 is 2.29 bits per heavy atom. The first kappa shape index (κ1) is 12.2. The van der Waals surface area contributed by atoms with Crippen molar-refractivity contribution in [3.63, 3.8) is 0 Å². The molecule has 1 heterocycles. The topological polar surface area (TPSA) is 49.5 Å². The number of aromatic hydroxyl groups is 1. The molecule has 0 amide bonds. The fourth-order valence-electron chi connectivity index (χ4n) is 2.30.